The number of aliphatic hydroxyl groups excluding tert-OH is 1. The van der Waals surface area contributed by atoms with Gasteiger partial charge in [-0.1, -0.05) is 18.2 Å². The third kappa shape index (κ3) is 4.71. The Bertz CT molecular complexity index is 1020. The van der Waals surface area contributed by atoms with E-state index in [-0.39, 0.29) is 30.8 Å². The molecule has 1 aliphatic carbocycles. The second-order valence-electron chi connectivity index (χ2n) is 7.20. The molecular formula is C23H24FNO3S. The van der Waals surface area contributed by atoms with Gasteiger partial charge in [0.25, 0.3) is 0 Å². The molecule has 0 saturated carbocycles. The molecule has 29 heavy (non-hydrogen) atoms. The topological polar surface area (TPSA) is 66.4 Å². The lowest BCUT2D eigenvalue weighted by molar-refractivity contribution is -0.120. The van der Waals surface area contributed by atoms with Gasteiger partial charge in [-0.3, -0.25) is 9.00 Å². The van der Waals surface area contributed by atoms with E-state index in [1.165, 1.54) is 12.1 Å². The molecule has 0 aliphatic heterocycles. The lowest BCUT2D eigenvalue weighted by Crippen LogP contribution is -2.34. The molecule has 0 heterocycles. The van der Waals surface area contributed by atoms with E-state index in [9.17, 15) is 13.4 Å². The molecule has 2 aromatic carbocycles. The van der Waals surface area contributed by atoms with Crippen molar-refractivity contribution < 1.29 is 18.5 Å². The third-order valence-electron chi connectivity index (χ3n) is 5.00. The van der Waals surface area contributed by atoms with Gasteiger partial charge in [0.05, 0.1) is 13.0 Å². The van der Waals surface area contributed by atoms with E-state index in [1.807, 2.05) is 37.3 Å². The first-order valence-corrected chi connectivity index (χ1v) is 10.9. The minimum atomic E-state index is -1.04. The Morgan fingerprint density at radius 1 is 1.21 bits per heavy atom. The largest absolute Gasteiger partial charge is 0.394 e. The average Bonchev–Trinajstić information content (AvgIpc) is 2.93. The van der Waals surface area contributed by atoms with Crippen LogP contribution in [0.25, 0.3) is 17.2 Å². The van der Waals surface area contributed by atoms with Gasteiger partial charge in [-0.25, -0.2) is 4.39 Å². The van der Waals surface area contributed by atoms with Crippen molar-refractivity contribution in [3.8, 4) is 0 Å². The van der Waals surface area contributed by atoms with Gasteiger partial charge in [0.1, 0.15) is 5.82 Å². The Kier molecular flexibility index (Phi) is 6.45. The summed E-state index contributed by atoms with van der Waals surface area (Å²) >= 11 is 0. The average molecular weight is 414 g/mol. The van der Waals surface area contributed by atoms with Gasteiger partial charge in [-0.05, 0) is 77.6 Å². The Hall–Kier alpha value is -2.57. The predicted octanol–water partition coefficient (Wildman–Crippen LogP) is 3.78. The maximum atomic E-state index is 13.9. The van der Waals surface area contributed by atoms with E-state index < -0.39 is 10.8 Å². The van der Waals surface area contributed by atoms with Crippen molar-refractivity contribution in [3.05, 3.63) is 70.5 Å². The van der Waals surface area contributed by atoms with Crippen molar-refractivity contribution in [1.29, 1.82) is 0 Å². The molecule has 1 amide bonds. The Balaban J connectivity index is 2.00. The van der Waals surface area contributed by atoms with E-state index >= 15 is 0 Å². The van der Waals surface area contributed by atoms with Crippen molar-refractivity contribution >= 4 is 33.9 Å². The highest BCUT2D eigenvalue weighted by atomic mass is 32.2. The number of rotatable bonds is 6. The van der Waals surface area contributed by atoms with Crippen LogP contribution in [0.4, 0.5) is 4.39 Å². The summed E-state index contributed by atoms with van der Waals surface area (Å²) in [4.78, 5) is 13.1. The van der Waals surface area contributed by atoms with Crippen LogP contribution in [-0.2, 0) is 15.6 Å². The van der Waals surface area contributed by atoms with Gasteiger partial charge in [0.15, 0.2) is 0 Å². The fourth-order valence-corrected chi connectivity index (χ4v) is 3.96. The first-order chi connectivity index (χ1) is 13.8. The molecule has 0 spiro atoms. The summed E-state index contributed by atoms with van der Waals surface area (Å²) in [6.07, 6.45) is 3.74. The number of halogens is 1. The van der Waals surface area contributed by atoms with Gasteiger partial charge in [-0.15, -0.1) is 0 Å². The van der Waals surface area contributed by atoms with E-state index in [1.54, 1.807) is 19.2 Å². The maximum Gasteiger partial charge on any atom is 0.224 e. The molecule has 0 aromatic heterocycles. The summed E-state index contributed by atoms with van der Waals surface area (Å²) in [7, 11) is -1.04. The first kappa shape index (κ1) is 21.1. The first-order valence-electron chi connectivity index (χ1n) is 9.36. The fourth-order valence-electron chi connectivity index (χ4n) is 3.44. The van der Waals surface area contributed by atoms with Crippen molar-refractivity contribution in [1.82, 2.24) is 5.32 Å². The van der Waals surface area contributed by atoms with Crippen molar-refractivity contribution in [2.24, 2.45) is 0 Å². The second kappa shape index (κ2) is 8.84. The predicted molar refractivity (Wildman–Crippen MR) is 115 cm³/mol. The molecule has 2 N–H and O–H groups in total. The summed E-state index contributed by atoms with van der Waals surface area (Å²) in [5, 5.41) is 11.9. The van der Waals surface area contributed by atoms with Crippen LogP contribution < -0.4 is 5.32 Å². The highest BCUT2D eigenvalue weighted by molar-refractivity contribution is 7.84. The summed E-state index contributed by atoms with van der Waals surface area (Å²) in [6, 6.07) is 11.7. The molecule has 2 aromatic rings. The van der Waals surface area contributed by atoms with Crippen LogP contribution in [-0.4, -0.2) is 34.1 Å². The second-order valence-corrected chi connectivity index (χ2v) is 8.58. The normalized spacial score (nSPS) is 16.7. The van der Waals surface area contributed by atoms with Crippen molar-refractivity contribution in [2.45, 2.75) is 31.2 Å². The third-order valence-corrected chi connectivity index (χ3v) is 5.93. The molecule has 0 fully saturated rings. The minimum absolute atomic E-state index is 0.109. The Labute approximate surface area is 172 Å². The zero-order valence-electron chi connectivity index (χ0n) is 16.7. The molecule has 1 aliphatic rings. The molecule has 0 bridgehead atoms. The zero-order valence-corrected chi connectivity index (χ0v) is 17.5. The lowest BCUT2D eigenvalue weighted by atomic mass is 10.0. The summed E-state index contributed by atoms with van der Waals surface area (Å²) in [5.74, 6) is -0.568. The van der Waals surface area contributed by atoms with E-state index in [0.717, 1.165) is 32.7 Å². The summed E-state index contributed by atoms with van der Waals surface area (Å²) in [6.45, 7) is 3.51. The molecule has 1 unspecified atom stereocenters. The number of amides is 1. The van der Waals surface area contributed by atoms with Crippen LogP contribution in [0.1, 0.15) is 37.0 Å². The number of hydrogen-bond donors (Lipinski definition) is 2. The number of allylic oxidation sites excluding steroid dienone is 2. The molecule has 0 saturated heterocycles. The van der Waals surface area contributed by atoms with Crippen LogP contribution in [0.5, 0.6) is 0 Å². The van der Waals surface area contributed by atoms with E-state index in [0.29, 0.717) is 5.56 Å². The minimum Gasteiger partial charge on any atom is -0.394 e. The SMILES string of the molecule is CC1=C(CC(=O)N[C@@H](C)CO)c2cc(F)ccc2/C1=C/c1ccc(S(C)=O)cc1. The standard InChI is InChI=1S/C23H24FNO3S/c1-14(13-26)25-23(27)12-21-15(2)20(19-9-6-17(24)11-22(19)21)10-16-4-7-18(8-5-16)29(3)28/h4-11,14,26H,12-13H2,1-3H3,(H,25,27)/b20-10+/t14-,29?/m0/s1. The smallest absolute Gasteiger partial charge is 0.224 e. The van der Waals surface area contributed by atoms with Gasteiger partial charge < -0.3 is 10.4 Å². The lowest BCUT2D eigenvalue weighted by Gasteiger charge is -2.12. The van der Waals surface area contributed by atoms with Gasteiger partial charge in [-0.2, -0.15) is 0 Å². The Morgan fingerprint density at radius 3 is 2.52 bits per heavy atom. The van der Waals surface area contributed by atoms with E-state index in [2.05, 4.69) is 5.32 Å². The number of aliphatic hydroxyl groups is 1. The summed E-state index contributed by atoms with van der Waals surface area (Å²) in [5.41, 5.74) is 5.16. The highest BCUT2D eigenvalue weighted by Crippen LogP contribution is 2.43. The highest BCUT2D eigenvalue weighted by Gasteiger charge is 2.26. The number of hydrogen-bond acceptors (Lipinski definition) is 3. The molecule has 0 radical (unpaired) electrons. The molecular weight excluding hydrogens is 389 g/mol. The van der Waals surface area contributed by atoms with Crippen LogP contribution in [0, 0.1) is 5.82 Å². The number of carbonyl (C=O) groups excluding carboxylic acids is 1. The summed E-state index contributed by atoms with van der Waals surface area (Å²) < 4.78 is 25.5. The van der Waals surface area contributed by atoms with Gasteiger partial charge in [0.2, 0.25) is 5.91 Å². The van der Waals surface area contributed by atoms with Crippen LogP contribution in [0.2, 0.25) is 0 Å². The molecule has 2 atom stereocenters. The molecule has 4 nitrogen and oxygen atoms in total. The molecule has 6 heteroatoms. The number of benzene rings is 2. The number of carbonyl (C=O) groups is 1. The van der Waals surface area contributed by atoms with Gasteiger partial charge in [0, 0.05) is 28.0 Å². The van der Waals surface area contributed by atoms with E-state index in [4.69, 9.17) is 5.11 Å². The zero-order chi connectivity index (χ0) is 21.1. The number of nitrogens with one attached hydrogen (secondary N) is 1. The van der Waals surface area contributed by atoms with Gasteiger partial charge >= 0.3 is 0 Å². The maximum absolute atomic E-state index is 13.9. The van der Waals surface area contributed by atoms with Crippen molar-refractivity contribution in [2.75, 3.05) is 12.9 Å². The fraction of sp³-hybridized carbons (Fsp3) is 0.261. The quantitative estimate of drug-likeness (QED) is 0.758. The Morgan fingerprint density at radius 2 is 1.90 bits per heavy atom. The molecule has 3 rings (SSSR count). The van der Waals surface area contributed by atoms with Crippen molar-refractivity contribution in [3.63, 3.8) is 0 Å². The molecule has 152 valence electrons. The number of fused-ring (bicyclic) bond motifs is 1. The monoisotopic (exact) mass is 413 g/mol. The van der Waals surface area contributed by atoms with Crippen LogP contribution in [0.15, 0.2) is 52.9 Å². The van der Waals surface area contributed by atoms with Crippen LogP contribution in [0.3, 0.4) is 0 Å². The van der Waals surface area contributed by atoms with Crippen LogP contribution >= 0.6 is 0 Å².